The molecule has 19 heavy (non-hydrogen) atoms. The Kier molecular flexibility index (Phi) is 2.62. The van der Waals surface area contributed by atoms with E-state index < -0.39 is 0 Å². The van der Waals surface area contributed by atoms with Gasteiger partial charge in [-0.15, -0.1) is 0 Å². The van der Waals surface area contributed by atoms with Crippen LogP contribution in [0, 0.1) is 11.3 Å². The van der Waals surface area contributed by atoms with Crippen molar-refractivity contribution in [2.75, 3.05) is 0 Å². The lowest BCUT2D eigenvalue weighted by atomic mass is 10.0. The highest BCUT2D eigenvalue weighted by molar-refractivity contribution is 6.10. The minimum Gasteiger partial charge on any atom is -0.314 e. The molecule has 3 heteroatoms. The molecule has 3 rings (SSSR count). The lowest BCUT2D eigenvalue weighted by Crippen LogP contribution is -2.06. The summed E-state index contributed by atoms with van der Waals surface area (Å²) in [6, 6.07) is 18.3. The molecule has 2 heterocycles. The van der Waals surface area contributed by atoms with Gasteiger partial charge in [0, 0.05) is 17.3 Å². The first-order chi connectivity index (χ1) is 9.31. The zero-order valence-corrected chi connectivity index (χ0v) is 10.1. The zero-order valence-electron chi connectivity index (χ0n) is 10.1. The van der Waals surface area contributed by atoms with Crippen LogP contribution in [0.3, 0.4) is 0 Å². The molecule has 0 N–H and O–H groups in total. The number of aromatic nitrogens is 1. The predicted molar refractivity (Wildman–Crippen MR) is 72.0 cm³/mol. The smallest absolute Gasteiger partial charge is 0.211 e. The standard InChI is InChI=1S/C16H10N2O/c17-11-12-5-1-2-7-14(12)16(19)15-9-8-13-6-3-4-10-18(13)15/h1-10H. The Balaban J connectivity index is 2.17. The molecule has 0 fully saturated rings. The molecule has 1 aromatic carbocycles. The molecule has 0 saturated carbocycles. The molecule has 2 aromatic heterocycles. The highest BCUT2D eigenvalue weighted by Gasteiger charge is 2.16. The molecule has 3 nitrogen and oxygen atoms in total. The molecule has 0 aliphatic rings. The van der Waals surface area contributed by atoms with Gasteiger partial charge in [0.05, 0.1) is 17.3 Å². The van der Waals surface area contributed by atoms with Gasteiger partial charge >= 0.3 is 0 Å². The highest BCUT2D eigenvalue weighted by atomic mass is 16.1. The zero-order chi connectivity index (χ0) is 13.2. The fourth-order valence-electron chi connectivity index (χ4n) is 2.16. The Labute approximate surface area is 110 Å². The quantitative estimate of drug-likeness (QED) is 0.652. The maximum absolute atomic E-state index is 12.5. The first kappa shape index (κ1) is 11.2. The van der Waals surface area contributed by atoms with Crippen molar-refractivity contribution in [1.82, 2.24) is 4.40 Å². The van der Waals surface area contributed by atoms with Crippen molar-refractivity contribution in [2.24, 2.45) is 0 Å². The van der Waals surface area contributed by atoms with E-state index in [4.69, 9.17) is 5.26 Å². The second-order valence-electron chi connectivity index (χ2n) is 4.20. The number of carbonyl (C=O) groups is 1. The minimum absolute atomic E-state index is 0.136. The van der Waals surface area contributed by atoms with Crippen LogP contribution >= 0.6 is 0 Å². The maximum Gasteiger partial charge on any atom is 0.211 e. The third-order valence-electron chi connectivity index (χ3n) is 3.09. The molecule has 0 amide bonds. The van der Waals surface area contributed by atoms with Gasteiger partial charge in [-0.3, -0.25) is 4.79 Å². The van der Waals surface area contributed by atoms with Crippen molar-refractivity contribution in [3.05, 3.63) is 77.6 Å². The number of pyridine rings is 1. The molecule has 0 radical (unpaired) electrons. The van der Waals surface area contributed by atoms with Crippen molar-refractivity contribution in [3.8, 4) is 6.07 Å². The molecule has 0 aliphatic carbocycles. The van der Waals surface area contributed by atoms with Gasteiger partial charge < -0.3 is 4.40 Å². The van der Waals surface area contributed by atoms with E-state index in [0.717, 1.165) is 5.52 Å². The van der Waals surface area contributed by atoms with Crippen LogP contribution < -0.4 is 0 Å². The van der Waals surface area contributed by atoms with Crippen molar-refractivity contribution in [1.29, 1.82) is 5.26 Å². The van der Waals surface area contributed by atoms with Gasteiger partial charge in [0.2, 0.25) is 5.78 Å². The van der Waals surface area contributed by atoms with Crippen molar-refractivity contribution < 1.29 is 4.79 Å². The van der Waals surface area contributed by atoms with E-state index in [9.17, 15) is 4.79 Å². The van der Waals surface area contributed by atoms with E-state index >= 15 is 0 Å². The Bertz CT molecular complexity index is 809. The van der Waals surface area contributed by atoms with Crippen LogP contribution in [0.5, 0.6) is 0 Å². The first-order valence-electron chi connectivity index (χ1n) is 5.91. The largest absolute Gasteiger partial charge is 0.314 e. The van der Waals surface area contributed by atoms with E-state index in [-0.39, 0.29) is 5.78 Å². The summed E-state index contributed by atoms with van der Waals surface area (Å²) >= 11 is 0. The van der Waals surface area contributed by atoms with Gasteiger partial charge in [-0.05, 0) is 36.4 Å². The van der Waals surface area contributed by atoms with E-state index in [2.05, 4.69) is 6.07 Å². The average Bonchev–Trinajstić information content (AvgIpc) is 2.90. The van der Waals surface area contributed by atoms with Crippen LogP contribution in [0.25, 0.3) is 5.52 Å². The van der Waals surface area contributed by atoms with Gasteiger partial charge in [-0.25, -0.2) is 0 Å². The second kappa shape index (κ2) is 4.43. The number of carbonyl (C=O) groups excluding carboxylic acids is 1. The second-order valence-corrected chi connectivity index (χ2v) is 4.20. The number of hydrogen-bond acceptors (Lipinski definition) is 2. The van der Waals surface area contributed by atoms with Gasteiger partial charge in [-0.1, -0.05) is 18.2 Å². The number of benzene rings is 1. The number of hydrogen-bond donors (Lipinski definition) is 0. The fourth-order valence-corrected chi connectivity index (χ4v) is 2.16. The summed E-state index contributed by atoms with van der Waals surface area (Å²) in [6.45, 7) is 0. The van der Waals surface area contributed by atoms with Crippen LogP contribution in [-0.2, 0) is 0 Å². The highest BCUT2D eigenvalue weighted by Crippen LogP contribution is 2.17. The SMILES string of the molecule is N#Cc1ccccc1C(=O)c1ccc2ccccn12. The molecule has 3 aromatic rings. The molecule has 0 unspecified atom stereocenters. The van der Waals surface area contributed by atoms with Crippen molar-refractivity contribution in [2.45, 2.75) is 0 Å². The Hall–Kier alpha value is -2.86. The summed E-state index contributed by atoms with van der Waals surface area (Å²) in [6.07, 6.45) is 1.84. The summed E-state index contributed by atoms with van der Waals surface area (Å²) in [5.41, 5.74) is 2.37. The van der Waals surface area contributed by atoms with E-state index in [1.807, 2.05) is 34.9 Å². The summed E-state index contributed by atoms with van der Waals surface area (Å²) in [5.74, 6) is -0.136. The van der Waals surface area contributed by atoms with Crippen LogP contribution in [0.2, 0.25) is 0 Å². The molecular formula is C16H10N2O. The van der Waals surface area contributed by atoms with Crippen molar-refractivity contribution >= 4 is 11.3 Å². The van der Waals surface area contributed by atoms with Crippen LogP contribution in [-0.4, -0.2) is 10.2 Å². The lowest BCUT2D eigenvalue weighted by Gasteiger charge is -2.04. The third kappa shape index (κ3) is 1.80. The maximum atomic E-state index is 12.5. The van der Waals surface area contributed by atoms with Crippen molar-refractivity contribution in [3.63, 3.8) is 0 Å². The summed E-state index contributed by atoms with van der Waals surface area (Å²) in [4.78, 5) is 12.5. The Morgan fingerprint density at radius 1 is 1.00 bits per heavy atom. The predicted octanol–water partition coefficient (Wildman–Crippen LogP) is 3.04. The number of nitrogens with zero attached hydrogens (tertiary/aromatic N) is 2. The first-order valence-corrected chi connectivity index (χ1v) is 5.91. The average molecular weight is 246 g/mol. The molecular weight excluding hydrogens is 236 g/mol. The number of ketones is 1. The normalized spacial score (nSPS) is 10.3. The van der Waals surface area contributed by atoms with E-state index in [1.54, 1.807) is 30.3 Å². The number of fused-ring (bicyclic) bond motifs is 1. The van der Waals surface area contributed by atoms with Crippen LogP contribution in [0.15, 0.2) is 60.8 Å². The molecule has 90 valence electrons. The fraction of sp³-hybridized carbons (Fsp3) is 0. The van der Waals surface area contributed by atoms with Gasteiger partial charge in [-0.2, -0.15) is 5.26 Å². The van der Waals surface area contributed by atoms with E-state index in [0.29, 0.717) is 16.8 Å². The monoisotopic (exact) mass is 246 g/mol. The van der Waals surface area contributed by atoms with Gasteiger partial charge in [0.15, 0.2) is 0 Å². The third-order valence-corrected chi connectivity index (χ3v) is 3.09. The summed E-state index contributed by atoms with van der Waals surface area (Å²) in [5, 5.41) is 9.07. The summed E-state index contributed by atoms with van der Waals surface area (Å²) < 4.78 is 1.83. The summed E-state index contributed by atoms with van der Waals surface area (Å²) in [7, 11) is 0. The Morgan fingerprint density at radius 2 is 1.79 bits per heavy atom. The van der Waals surface area contributed by atoms with Gasteiger partial charge in [0.25, 0.3) is 0 Å². The van der Waals surface area contributed by atoms with E-state index in [1.165, 1.54) is 0 Å². The van der Waals surface area contributed by atoms with Crippen LogP contribution in [0.4, 0.5) is 0 Å². The molecule has 0 atom stereocenters. The molecule has 0 aliphatic heterocycles. The lowest BCUT2D eigenvalue weighted by molar-refractivity contribution is 0.103. The molecule has 0 spiro atoms. The minimum atomic E-state index is -0.136. The number of rotatable bonds is 2. The van der Waals surface area contributed by atoms with Crippen LogP contribution in [0.1, 0.15) is 21.6 Å². The Morgan fingerprint density at radius 3 is 2.63 bits per heavy atom. The molecule has 0 saturated heterocycles. The topological polar surface area (TPSA) is 45.3 Å². The molecule has 0 bridgehead atoms. The van der Waals surface area contributed by atoms with Gasteiger partial charge in [0.1, 0.15) is 0 Å². The number of nitriles is 1.